The number of aromatic nitrogens is 2. The normalized spacial score (nSPS) is 11.2. The average molecular weight is 440 g/mol. The molecule has 32 heavy (non-hydrogen) atoms. The maximum absolute atomic E-state index is 14.3. The number of ether oxygens (including phenoxy) is 1. The second-order valence-electron chi connectivity index (χ2n) is 8.22. The van der Waals surface area contributed by atoms with Crippen LogP contribution in [0.5, 0.6) is 0 Å². The largest absolute Gasteiger partial charge is 0.444 e. The Morgan fingerprint density at radius 3 is 2.47 bits per heavy atom. The highest BCUT2D eigenvalue weighted by atomic mass is 19.1. The third-order valence-corrected chi connectivity index (χ3v) is 4.50. The van der Waals surface area contributed by atoms with Crippen molar-refractivity contribution in [2.45, 2.75) is 32.8 Å². The minimum atomic E-state index is -0.661. The molecular weight excluding hydrogens is 415 g/mol. The molecule has 0 fully saturated rings. The number of H-pyrrole nitrogens is 1. The minimum Gasteiger partial charge on any atom is -0.444 e. The molecule has 0 saturated carbocycles. The van der Waals surface area contributed by atoms with Crippen LogP contribution in [-0.2, 0) is 11.2 Å². The fourth-order valence-electron chi connectivity index (χ4n) is 3.11. The maximum atomic E-state index is 14.3. The van der Waals surface area contributed by atoms with E-state index in [9.17, 15) is 18.8 Å². The number of amides is 2. The topological polar surface area (TPSA) is 113 Å². The first-order valence-electron chi connectivity index (χ1n) is 10.1. The minimum absolute atomic E-state index is 0.105. The molecule has 2 amide bonds. The fraction of sp³-hybridized carbons (Fsp3) is 0.304. The number of nitrogens with one attached hydrogen (secondary N) is 3. The molecule has 8 nitrogen and oxygen atoms in total. The van der Waals surface area contributed by atoms with Crippen LogP contribution in [0.25, 0.3) is 10.8 Å². The smallest absolute Gasteiger partial charge is 0.407 e. The Hall–Kier alpha value is -3.75. The number of aromatic amines is 1. The van der Waals surface area contributed by atoms with E-state index in [2.05, 4.69) is 20.8 Å². The molecule has 2 aromatic carbocycles. The number of carbonyl (C=O) groups is 2. The van der Waals surface area contributed by atoms with Crippen LogP contribution in [0.15, 0.2) is 47.3 Å². The number of benzene rings is 2. The molecule has 168 valence electrons. The number of rotatable bonds is 6. The Bertz CT molecular complexity index is 1200. The van der Waals surface area contributed by atoms with Gasteiger partial charge < -0.3 is 15.4 Å². The summed E-state index contributed by atoms with van der Waals surface area (Å²) in [6.45, 7) is 5.48. The first-order chi connectivity index (χ1) is 15.1. The SMILES string of the molecule is CC(C)(C)OC(=O)NCCNC(=O)c1cc(Cc2n[nH]c(=O)c3ccccc23)ccc1F. The third-order valence-electron chi connectivity index (χ3n) is 4.50. The van der Waals surface area contributed by atoms with Crippen molar-refractivity contribution in [1.29, 1.82) is 0 Å². The summed E-state index contributed by atoms with van der Waals surface area (Å²) in [5.41, 5.74) is 0.243. The molecule has 9 heteroatoms. The van der Waals surface area contributed by atoms with E-state index >= 15 is 0 Å². The molecule has 0 atom stereocenters. The van der Waals surface area contributed by atoms with Gasteiger partial charge in [-0.15, -0.1) is 0 Å². The van der Waals surface area contributed by atoms with Crippen molar-refractivity contribution in [2.75, 3.05) is 13.1 Å². The van der Waals surface area contributed by atoms with Gasteiger partial charge in [-0.1, -0.05) is 24.3 Å². The highest BCUT2D eigenvalue weighted by molar-refractivity contribution is 5.94. The van der Waals surface area contributed by atoms with E-state index in [1.165, 1.54) is 12.1 Å². The molecule has 3 aromatic rings. The standard InChI is InChI=1S/C23H25FN4O4/c1-23(2,3)32-22(31)26-11-10-25-20(29)17-12-14(8-9-18(17)24)13-19-15-6-4-5-7-16(15)21(30)28-27-19/h4-9,12H,10-11,13H2,1-3H3,(H,25,29)(H,26,31)(H,28,30). The van der Waals surface area contributed by atoms with Crippen LogP contribution in [0.1, 0.15) is 42.4 Å². The molecule has 0 aliphatic rings. The van der Waals surface area contributed by atoms with E-state index in [1.54, 1.807) is 45.0 Å². The summed E-state index contributed by atoms with van der Waals surface area (Å²) in [6, 6.07) is 11.3. The van der Waals surface area contributed by atoms with Crippen molar-refractivity contribution in [3.8, 4) is 0 Å². The quantitative estimate of drug-likeness (QED) is 0.510. The van der Waals surface area contributed by atoms with Gasteiger partial charge in [0, 0.05) is 24.9 Å². The van der Waals surface area contributed by atoms with Crippen molar-refractivity contribution < 1.29 is 18.7 Å². The number of hydrogen-bond acceptors (Lipinski definition) is 5. The lowest BCUT2D eigenvalue weighted by Crippen LogP contribution is -2.38. The summed E-state index contributed by atoms with van der Waals surface area (Å²) < 4.78 is 19.4. The highest BCUT2D eigenvalue weighted by Gasteiger charge is 2.16. The van der Waals surface area contributed by atoms with Gasteiger partial charge in [0.05, 0.1) is 16.6 Å². The number of halogens is 1. The van der Waals surface area contributed by atoms with Crippen LogP contribution in [-0.4, -0.2) is 40.9 Å². The summed E-state index contributed by atoms with van der Waals surface area (Å²) in [7, 11) is 0. The number of nitrogens with zero attached hydrogens (tertiary/aromatic N) is 1. The summed E-state index contributed by atoms with van der Waals surface area (Å²) >= 11 is 0. The van der Waals surface area contributed by atoms with Gasteiger partial charge in [-0.3, -0.25) is 9.59 Å². The van der Waals surface area contributed by atoms with Crippen LogP contribution in [0.3, 0.4) is 0 Å². The zero-order valence-corrected chi connectivity index (χ0v) is 18.1. The van der Waals surface area contributed by atoms with E-state index < -0.39 is 23.4 Å². The zero-order chi connectivity index (χ0) is 23.3. The van der Waals surface area contributed by atoms with E-state index in [-0.39, 0.29) is 24.2 Å². The van der Waals surface area contributed by atoms with Crippen LogP contribution >= 0.6 is 0 Å². The molecule has 0 unspecified atom stereocenters. The van der Waals surface area contributed by atoms with Crippen molar-refractivity contribution in [3.63, 3.8) is 0 Å². The Morgan fingerprint density at radius 2 is 1.75 bits per heavy atom. The molecule has 3 rings (SSSR count). The Labute approximate surface area is 184 Å². The van der Waals surface area contributed by atoms with Gasteiger partial charge in [0.2, 0.25) is 0 Å². The van der Waals surface area contributed by atoms with E-state index in [0.717, 1.165) is 0 Å². The second kappa shape index (κ2) is 9.59. The summed E-state index contributed by atoms with van der Waals surface area (Å²) in [5.74, 6) is -1.26. The number of carbonyl (C=O) groups excluding carboxylic acids is 2. The van der Waals surface area contributed by atoms with E-state index in [4.69, 9.17) is 4.74 Å². The van der Waals surface area contributed by atoms with Gasteiger partial charge in [-0.25, -0.2) is 14.3 Å². The third kappa shape index (κ3) is 5.90. The average Bonchev–Trinajstić information content (AvgIpc) is 2.73. The lowest BCUT2D eigenvalue weighted by atomic mass is 10.0. The van der Waals surface area contributed by atoms with Gasteiger partial charge >= 0.3 is 6.09 Å². The molecule has 0 bridgehead atoms. The highest BCUT2D eigenvalue weighted by Crippen LogP contribution is 2.18. The molecular formula is C23H25FN4O4. The van der Waals surface area contributed by atoms with Crippen molar-refractivity contribution in [3.05, 3.63) is 75.5 Å². The Kier molecular flexibility index (Phi) is 6.87. The lowest BCUT2D eigenvalue weighted by molar-refractivity contribution is 0.0526. The van der Waals surface area contributed by atoms with Crippen molar-refractivity contribution in [2.24, 2.45) is 0 Å². The Morgan fingerprint density at radius 1 is 1.06 bits per heavy atom. The van der Waals surface area contributed by atoms with E-state index in [1.807, 2.05) is 6.07 Å². The number of hydrogen-bond donors (Lipinski definition) is 3. The first-order valence-corrected chi connectivity index (χ1v) is 10.1. The zero-order valence-electron chi connectivity index (χ0n) is 18.1. The monoisotopic (exact) mass is 440 g/mol. The van der Waals surface area contributed by atoms with Crippen LogP contribution in [0.2, 0.25) is 0 Å². The van der Waals surface area contributed by atoms with Crippen molar-refractivity contribution in [1.82, 2.24) is 20.8 Å². The fourth-order valence-corrected chi connectivity index (χ4v) is 3.11. The Balaban J connectivity index is 1.66. The maximum Gasteiger partial charge on any atom is 0.407 e. The van der Waals surface area contributed by atoms with Crippen LogP contribution in [0, 0.1) is 5.82 Å². The lowest BCUT2D eigenvalue weighted by Gasteiger charge is -2.19. The van der Waals surface area contributed by atoms with Gasteiger partial charge in [-0.05, 0) is 44.5 Å². The van der Waals surface area contributed by atoms with Gasteiger partial charge in [0.1, 0.15) is 11.4 Å². The number of alkyl carbamates (subject to hydrolysis) is 1. The van der Waals surface area contributed by atoms with Gasteiger partial charge in [0.15, 0.2) is 0 Å². The molecule has 1 heterocycles. The molecule has 0 aliphatic heterocycles. The first kappa shape index (κ1) is 22.9. The molecule has 3 N–H and O–H groups in total. The summed E-state index contributed by atoms with van der Waals surface area (Å²) in [5, 5.41) is 12.9. The van der Waals surface area contributed by atoms with Crippen molar-refractivity contribution >= 4 is 22.8 Å². The predicted molar refractivity (Wildman–Crippen MR) is 118 cm³/mol. The van der Waals surface area contributed by atoms with E-state index in [0.29, 0.717) is 28.5 Å². The molecule has 0 radical (unpaired) electrons. The van der Waals surface area contributed by atoms with Gasteiger partial charge in [-0.2, -0.15) is 5.10 Å². The molecule has 1 aromatic heterocycles. The summed E-state index contributed by atoms with van der Waals surface area (Å²) in [6.07, 6.45) is -0.293. The summed E-state index contributed by atoms with van der Waals surface area (Å²) in [4.78, 5) is 36.0. The van der Waals surface area contributed by atoms with Crippen LogP contribution in [0.4, 0.5) is 9.18 Å². The van der Waals surface area contributed by atoms with Crippen LogP contribution < -0.4 is 16.2 Å². The molecule has 0 aliphatic carbocycles. The predicted octanol–water partition coefficient (Wildman–Crippen LogP) is 2.91. The molecule has 0 spiro atoms. The second-order valence-corrected chi connectivity index (χ2v) is 8.22. The van der Waals surface area contributed by atoms with Gasteiger partial charge in [0.25, 0.3) is 11.5 Å². The molecule has 0 saturated heterocycles. The number of fused-ring (bicyclic) bond motifs is 1.